The Balaban J connectivity index is 1.55. The van der Waals surface area contributed by atoms with E-state index in [1.807, 2.05) is 0 Å². The summed E-state index contributed by atoms with van der Waals surface area (Å²) in [5.41, 5.74) is 0.776. The summed E-state index contributed by atoms with van der Waals surface area (Å²) in [4.78, 5) is 37.9. The van der Waals surface area contributed by atoms with Crippen LogP contribution in [-0.2, 0) is 18.9 Å². The molecule has 0 unspecified atom stereocenters. The van der Waals surface area contributed by atoms with Crippen LogP contribution >= 0.6 is 15.9 Å². The minimum absolute atomic E-state index is 0.225. The SMILES string of the molecule is O=C(OC[C@H]1O[C@](O)(Br)[C@H](OC(=O)c2ccccc2)[C@@H]1OC(=O)c1ccccc1)c1ccccc1. The molecule has 4 atom stereocenters. The molecule has 0 bridgehead atoms. The van der Waals surface area contributed by atoms with Gasteiger partial charge >= 0.3 is 17.9 Å². The van der Waals surface area contributed by atoms with E-state index in [2.05, 4.69) is 15.9 Å². The first-order valence-electron chi connectivity index (χ1n) is 10.7. The first kappa shape index (κ1) is 24.6. The van der Waals surface area contributed by atoms with Gasteiger partial charge in [-0.15, -0.1) is 0 Å². The predicted octanol–water partition coefficient (Wildman–Crippen LogP) is 3.73. The first-order valence-corrected chi connectivity index (χ1v) is 11.5. The van der Waals surface area contributed by atoms with Crippen molar-refractivity contribution in [3.8, 4) is 0 Å². The third kappa shape index (κ3) is 5.94. The third-order valence-electron chi connectivity index (χ3n) is 5.22. The minimum atomic E-state index is -2.21. The average molecular weight is 541 g/mol. The van der Waals surface area contributed by atoms with Crippen LogP contribution in [0.5, 0.6) is 0 Å². The molecule has 3 aromatic carbocycles. The molecule has 0 aliphatic carbocycles. The zero-order chi connectivity index (χ0) is 24.8. The molecule has 1 N–H and O–H groups in total. The molecule has 0 saturated carbocycles. The number of hydrogen-bond acceptors (Lipinski definition) is 8. The number of benzene rings is 3. The van der Waals surface area contributed by atoms with Crippen molar-refractivity contribution in [3.05, 3.63) is 108 Å². The Hall–Kier alpha value is -3.53. The van der Waals surface area contributed by atoms with Gasteiger partial charge in [0.1, 0.15) is 12.7 Å². The molecule has 0 radical (unpaired) electrons. The molecule has 8 nitrogen and oxygen atoms in total. The highest BCUT2D eigenvalue weighted by Gasteiger charge is 2.58. The second-order valence-electron chi connectivity index (χ2n) is 7.66. The van der Waals surface area contributed by atoms with Crippen molar-refractivity contribution in [2.75, 3.05) is 6.61 Å². The highest BCUT2D eigenvalue weighted by Crippen LogP contribution is 2.39. The molecule has 180 valence electrons. The normalized spacial score (nSPS) is 23.3. The molecule has 9 heteroatoms. The second kappa shape index (κ2) is 10.8. The second-order valence-corrected chi connectivity index (χ2v) is 8.79. The molecule has 4 rings (SSSR count). The van der Waals surface area contributed by atoms with E-state index in [1.165, 1.54) is 12.1 Å². The van der Waals surface area contributed by atoms with Gasteiger partial charge in [-0.1, -0.05) is 54.6 Å². The number of halogens is 1. The Labute approximate surface area is 209 Å². The van der Waals surface area contributed by atoms with Crippen molar-refractivity contribution in [1.29, 1.82) is 0 Å². The van der Waals surface area contributed by atoms with Crippen molar-refractivity contribution >= 4 is 33.8 Å². The van der Waals surface area contributed by atoms with E-state index in [9.17, 15) is 19.5 Å². The maximum atomic E-state index is 12.8. The molecule has 1 aliphatic heterocycles. The molecule has 35 heavy (non-hydrogen) atoms. The Morgan fingerprint density at radius 2 is 1.17 bits per heavy atom. The zero-order valence-electron chi connectivity index (χ0n) is 18.3. The van der Waals surface area contributed by atoms with Crippen LogP contribution in [0, 0.1) is 0 Å². The van der Waals surface area contributed by atoms with E-state index < -0.39 is 40.9 Å². The average Bonchev–Trinajstić information content (AvgIpc) is 3.12. The highest BCUT2D eigenvalue weighted by atomic mass is 79.9. The summed E-state index contributed by atoms with van der Waals surface area (Å²) in [5, 5.41) is 10.8. The minimum Gasteiger partial charge on any atom is -0.459 e. The van der Waals surface area contributed by atoms with Crippen molar-refractivity contribution in [1.82, 2.24) is 0 Å². The summed E-state index contributed by atoms with van der Waals surface area (Å²) in [6, 6.07) is 24.6. The van der Waals surface area contributed by atoms with Crippen molar-refractivity contribution in [3.63, 3.8) is 0 Å². The van der Waals surface area contributed by atoms with Crippen molar-refractivity contribution in [2.24, 2.45) is 0 Å². The Morgan fingerprint density at radius 1 is 0.743 bits per heavy atom. The van der Waals surface area contributed by atoms with E-state index in [0.29, 0.717) is 5.56 Å². The first-order chi connectivity index (χ1) is 16.8. The number of ether oxygens (including phenoxy) is 4. The lowest BCUT2D eigenvalue weighted by Gasteiger charge is -2.25. The predicted molar refractivity (Wildman–Crippen MR) is 127 cm³/mol. The van der Waals surface area contributed by atoms with Crippen LogP contribution in [0.1, 0.15) is 31.1 Å². The van der Waals surface area contributed by atoms with E-state index >= 15 is 0 Å². The molecular weight excluding hydrogens is 520 g/mol. The molecule has 3 aromatic rings. The molecule has 1 saturated heterocycles. The van der Waals surface area contributed by atoms with Crippen LogP contribution in [0.25, 0.3) is 0 Å². The molecule has 1 heterocycles. The largest absolute Gasteiger partial charge is 0.459 e. The van der Waals surface area contributed by atoms with E-state index in [-0.39, 0.29) is 17.7 Å². The van der Waals surface area contributed by atoms with Crippen LogP contribution in [-0.4, -0.2) is 52.6 Å². The third-order valence-corrected chi connectivity index (χ3v) is 5.85. The summed E-state index contributed by atoms with van der Waals surface area (Å²) in [6.07, 6.45) is -3.92. The Bertz CT molecular complexity index is 1170. The number of carbonyl (C=O) groups is 3. The van der Waals surface area contributed by atoms with E-state index in [0.717, 1.165) is 0 Å². The molecule has 0 amide bonds. The number of carbonyl (C=O) groups excluding carboxylic acids is 3. The molecule has 1 fully saturated rings. The van der Waals surface area contributed by atoms with Gasteiger partial charge in [0.25, 0.3) is 4.70 Å². The standard InChI is InChI=1S/C26H21BrO8/c27-26(31)22(34-25(30)19-14-8-3-9-15-19)21(33-24(29)18-12-6-2-7-13-18)20(35-26)16-32-23(28)17-10-4-1-5-11-17/h1-15,20-22,31H,16H2/t20-,21-,22-,26+/m1/s1. The van der Waals surface area contributed by atoms with Crippen molar-refractivity contribution < 1.29 is 38.4 Å². The van der Waals surface area contributed by atoms with Gasteiger partial charge in [-0.25, -0.2) is 14.4 Å². The number of hydrogen-bond donors (Lipinski definition) is 1. The van der Waals surface area contributed by atoms with Crippen LogP contribution < -0.4 is 0 Å². The maximum absolute atomic E-state index is 12.8. The fraction of sp³-hybridized carbons (Fsp3) is 0.192. The van der Waals surface area contributed by atoms with Gasteiger partial charge in [0, 0.05) is 0 Å². The van der Waals surface area contributed by atoms with Gasteiger partial charge in [-0.3, -0.25) is 0 Å². The Morgan fingerprint density at radius 3 is 1.66 bits per heavy atom. The summed E-state index contributed by atoms with van der Waals surface area (Å²) in [7, 11) is 0. The van der Waals surface area contributed by atoms with Gasteiger partial charge in [0.2, 0.25) is 6.10 Å². The highest BCUT2D eigenvalue weighted by molar-refractivity contribution is 9.10. The lowest BCUT2D eigenvalue weighted by molar-refractivity contribution is -0.158. The number of alkyl halides is 1. The number of aliphatic hydroxyl groups is 1. The van der Waals surface area contributed by atoms with Crippen molar-refractivity contribution in [2.45, 2.75) is 23.0 Å². The van der Waals surface area contributed by atoms with Gasteiger partial charge < -0.3 is 24.1 Å². The topological polar surface area (TPSA) is 108 Å². The van der Waals surface area contributed by atoms with Gasteiger partial charge in [-0.2, -0.15) is 0 Å². The molecule has 0 spiro atoms. The maximum Gasteiger partial charge on any atom is 0.338 e. The fourth-order valence-electron chi connectivity index (χ4n) is 3.49. The Kier molecular flexibility index (Phi) is 7.60. The lowest BCUT2D eigenvalue weighted by Crippen LogP contribution is -2.44. The molecule has 0 aromatic heterocycles. The zero-order valence-corrected chi connectivity index (χ0v) is 19.9. The lowest BCUT2D eigenvalue weighted by atomic mass is 10.1. The summed E-state index contributed by atoms with van der Waals surface area (Å²) in [5.74, 6) is -2.13. The summed E-state index contributed by atoms with van der Waals surface area (Å²) in [6.45, 7) is -0.381. The van der Waals surface area contributed by atoms with E-state index in [1.54, 1.807) is 78.9 Å². The van der Waals surface area contributed by atoms with Gasteiger partial charge in [0.05, 0.1) is 16.7 Å². The number of rotatable bonds is 7. The molecular formula is C26H21BrO8. The van der Waals surface area contributed by atoms with Crippen LogP contribution in [0.4, 0.5) is 0 Å². The fourth-order valence-corrected chi connectivity index (χ4v) is 4.08. The summed E-state index contributed by atoms with van der Waals surface area (Å²) >= 11 is 3.01. The quantitative estimate of drug-likeness (QED) is 0.274. The van der Waals surface area contributed by atoms with Gasteiger partial charge in [-0.05, 0) is 52.3 Å². The van der Waals surface area contributed by atoms with E-state index in [4.69, 9.17) is 18.9 Å². The monoisotopic (exact) mass is 540 g/mol. The molecule has 1 aliphatic rings. The summed E-state index contributed by atoms with van der Waals surface area (Å²) < 4.78 is 19.8. The van der Waals surface area contributed by atoms with Crippen LogP contribution in [0.15, 0.2) is 91.0 Å². The van der Waals surface area contributed by atoms with Crippen LogP contribution in [0.3, 0.4) is 0 Å². The number of esters is 3. The van der Waals surface area contributed by atoms with Crippen LogP contribution in [0.2, 0.25) is 0 Å². The van der Waals surface area contributed by atoms with Gasteiger partial charge in [0.15, 0.2) is 6.10 Å². The smallest absolute Gasteiger partial charge is 0.338 e.